The van der Waals surface area contributed by atoms with Gasteiger partial charge in [0.15, 0.2) is 0 Å². The third-order valence-corrected chi connectivity index (χ3v) is 3.56. The fourth-order valence-corrected chi connectivity index (χ4v) is 2.43. The van der Waals surface area contributed by atoms with E-state index >= 15 is 0 Å². The van der Waals surface area contributed by atoms with Crippen molar-refractivity contribution in [3.05, 3.63) is 35.4 Å². The Kier molecular flexibility index (Phi) is 5.36. The molecular formula is C15H22N2O2. The Bertz CT molecular complexity index is 397. The molecule has 0 radical (unpaired) electrons. The Morgan fingerprint density at radius 2 is 1.89 bits per heavy atom. The Morgan fingerprint density at radius 1 is 1.21 bits per heavy atom. The quantitative estimate of drug-likeness (QED) is 0.738. The van der Waals surface area contributed by atoms with Crippen LogP contribution in [0.25, 0.3) is 0 Å². The number of carboxylic acids is 1. The van der Waals surface area contributed by atoms with Gasteiger partial charge in [-0.2, -0.15) is 0 Å². The molecule has 1 aliphatic rings. The zero-order valence-corrected chi connectivity index (χ0v) is 11.3. The standard InChI is InChI=1S/C15H22N2O2/c18-15(19)14-6-4-13(5-7-14)12-16-8-3-11-17-9-1-2-10-17/h4-7,16H,1-3,8-12H2,(H,18,19). The number of hydrogen-bond acceptors (Lipinski definition) is 3. The normalized spacial score (nSPS) is 15.8. The highest BCUT2D eigenvalue weighted by atomic mass is 16.4. The number of aromatic carboxylic acids is 1. The minimum Gasteiger partial charge on any atom is -0.478 e. The average Bonchev–Trinajstić information content (AvgIpc) is 2.92. The molecule has 4 nitrogen and oxygen atoms in total. The Labute approximate surface area is 114 Å². The molecule has 1 fully saturated rings. The van der Waals surface area contributed by atoms with Gasteiger partial charge < -0.3 is 15.3 Å². The molecule has 0 aromatic heterocycles. The number of hydrogen-bond donors (Lipinski definition) is 2. The maximum Gasteiger partial charge on any atom is 0.335 e. The lowest BCUT2D eigenvalue weighted by atomic mass is 10.1. The summed E-state index contributed by atoms with van der Waals surface area (Å²) in [5, 5.41) is 12.2. The van der Waals surface area contributed by atoms with Crippen LogP contribution in [0.3, 0.4) is 0 Å². The van der Waals surface area contributed by atoms with Crippen molar-refractivity contribution in [1.82, 2.24) is 10.2 Å². The number of carboxylic acid groups (broad SMARTS) is 1. The van der Waals surface area contributed by atoms with Gasteiger partial charge in [0.1, 0.15) is 0 Å². The first kappa shape index (κ1) is 14.0. The number of nitrogens with one attached hydrogen (secondary N) is 1. The van der Waals surface area contributed by atoms with Crippen molar-refractivity contribution in [2.45, 2.75) is 25.8 Å². The summed E-state index contributed by atoms with van der Waals surface area (Å²) in [4.78, 5) is 13.2. The number of rotatable bonds is 7. The van der Waals surface area contributed by atoms with Crippen LogP contribution in [0.4, 0.5) is 0 Å². The van der Waals surface area contributed by atoms with Gasteiger partial charge in [-0.05, 0) is 63.1 Å². The Balaban J connectivity index is 1.61. The van der Waals surface area contributed by atoms with Gasteiger partial charge in [0.25, 0.3) is 0 Å². The van der Waals surface area contributed by atoms with Crippen LogP contribution in [-0.2, 0) is 6.54 Å². The molecule has 1 aromatic rings. The van der Waals surface area contributed by atoms with Gasteiger partial charge in [-0.1, -0.05) is 12.1 Å². The molecule has 2 N–H and O–H groups in total. The third-order valence-electron chi connectivity index (χ3n) is 3.56. The lowest BCUT2D eigenvalue weighted by Gasteiger charge is -2.14. The fourth-order valence-electron chi connectivity index (χ4n) is 2.43. The second-order valence-corrected chi connectivity index (χ2v) is 5.08. The molecule has 0 spiro atoms. The van der Waals surface area contributed by atoms with Gasteiger partial charge in [-0.3, -0.25) is 0 Å². The largest absolute Gasteiger partial charge is 0.478 e. The maximum atomic E-state index is 10.7. The van der Waals surface area contributed by atoms with Gasteiger partial charge in [0.2, 0.25) is 0 Å². The Hall–Kier alpha value is -1.39. The van der Waals surface area contributed by atoms with Crippen molar-refractivity contribution in [3.63, 3.8) is 0 Å². The van der Waals surface area contributed by atoms with E-state index in [2.05, 4.69) is 10.2 Å². The minimum atomic E-state index is -0.870. The van der Waals surface area contributed by atoms with Crippen molar-refractivity contribution in [1.29, 1.82) is 0 Å². The maximum absolute atomic E-state index is 10.7. The first-order valence-electron chi connectivity index (χ1n) is 7.01. The smallest absolute Gasteiger partial charge is 0.335 e. The summed E-state index contributed by atoms with van der Waals surface area (Å²) in [6.07, 6.45) is 3.87. The summed E-state index contributed by atoms with van der Waals surface area (Å²) in [6, 6.07) is 7.06. The summed E-state index contributed by atoms with van der Waals surface area (Å²) >= 11 is 0. The summed E-state index contributed by atoms with van der Waals surface area (Å²) in [7, 11) is 0. The van der Waals surface area contributed by atoms with Crippen LogP contribution in [0, 0.1) is 0 Å². The van der Waals surface area contributed by atoms with E-state index in [-0.39, 0.29) is 0 Å². The van der Waals surface area contributed by atoms with E-state index in [0.717, 1.165) is 18.7 Å². The molecule has 2 rings (SSSR count). The summed E-state index contributed by atoms with van der Waals surface area (Å²) < 4.78 is 0. The number of nitrogens with zero attached hydrogens (tertiary/aromatic N) is 1. The average molecular weight is 262 g/mol. The van der Waals surface area contributed by atoms with Crippen molar-refractivity contribution >= 4 is 5.97 Å². The van der Waals surface area contributed by atoms with Gasteiger partial charge in [0.05, 0.1) is 5.56 Å². The highest BCUT2D eigenvalue weighted by Gasteiger charge is 2.09. The molecule has 4 heteroatoms. The summed E-state index contributed by atoms with van der Waals surface area (Å²) in [6.45, 7) is 5.52. The molecule has 1 aliphatic heterocycles. The first-order valence-corrected chi connectivity index (χ1v) is 7.01. The molecule has 0 amide bonds. The number of benzene rings is 1. The predicted molar refractivity (Wildman–Crippen MR) is 75.4 cm³/mol. The van der Waals surface area contributed by atoms with Crippen molar-refractivity contribution in [2.75, 3.05) is 26.2 Å². The third kappa shape index (κ3) is 4.65. The van der Waals surface area contributed by atoms with Crippen LogP contribution in [-0.4, -0.2) is 42.2 Å². The van der Waals surface area contributed by atoms with Gasteiger partial charge in [0, 0.05) is 6.54 Å². The van der Waals surface area contributed by atoms with Crippen molar-refractivity contribution in [2.24, 2.45) is 0 Å². The molecule has 104 valence electrons. The molecule has 1 heterocycles. The van der Waals surface area contributed by atoms with Gasteiger partial charge in [-0.25, -0.2) is 4.79 Å². The predicted octanol–water partition coefficient (Wildman–Crippen LogP) is 1.96. The van der Waals surface area contributed by atoms with Crippen LogP contribution in [0.5, 0.6) is 0 Å². The topological polar surface area (TPSA) is 52.6 Å². The lowest BCUT2D eigenvalue weighted by molar-refractivity contribution is 0.0697. The molecule has 1 aromatic carbocycles. The first-order chi connectivity index (χ1) is 9.25. The van der Waals surface area contributed by atoms with Gasteiger partial charge >= 0.3 is 5.97 Å². The van der Waals surface area contributed by atoms with E-state index in [9.17, 15) is 4.79 Å². The second-order valence-electron chi connectivity index (χ2n) is 5.08. The van der Waals surface area contributed by atoms with E-state index in [4.69, 9.17) is 5.11 Å². The van der Waals surface area contributed by atoms with Crippen LogP contribution >= 0.6 is 0 Å². The number of likely N-dealkylation sites (tertiary alicyclic amines) is 1. The van der Waals surface area contributed by atoms with Crippen LogP contribution in [0.1, 0.15) is 35.2 Å². The van der Waals surface area contributed by atoms with Crippen molar-refractivity contribution < 1.29 is 9.90 Å². The second kappa shape index (κ2) is 7.26. The highest BCUT2D eigenvalue weighted by molar-refractivity contribution is 5.87. The van der Waals surface area contributed by atoms with Crippen LogP contribution < -0.4 is 5.32 Å². The number of carbonyl (C=O) groups is 1. The molecule has 19 heavy (non-hydrogen) atoms. The zero-order chi connectivity index (χ0) is 13.5. The van der Waals surface area contributed by atoms with E-state index < -0.39 is 5.97 Å². The fraction of sp³-hybridized carbons (Fsp3) is 0.533. The minimum absolute atomic E-state index is 0.345. The van der Waals surface area contributed by atoms with E-state index in [1.807, 2.05) is 12.1 Å². The molecule has 0 saturated carbocycles. The molecule has 0 unspecified atom stereocenters. The molecule has 0 bridgehead atoms. The highest BCUT2D eigenvalue weighted by Crippen LogP contribution is 2.07. The SMILES string of the molecule is O=C(O)c1ccc(CNCCCN2CCCC2)cc1. The molecule has 0 atom stereocenters. The monoisotopic (exact) mass is 262 g/mol. The molecular weight excluding hydrogens is 240 g/mol. The van der Waals surface area contributed by atoms with E-state index in [1.165, 1.54) is 38.9 Å². The van der Waals surface area contributed by atoms with E-state index in [0.29, 0.717) is 5.56 Å². The Morgan fingerprint density at radius 3 is 2.53 bits per heavy atom. The molecule has 1 saturated heterocycles. The lowest BCUT2D eigenvalue weighted by Crippen LogP contribution is -2.24. The van der Waals surface area contributed by atoms with Crippen LogP contribution in [0.2, 0.25) is 0 Å². The zero-order valence-electron chi connectivity index (χ0n) is 11.3. The van der Waals surface area contributed by atoms with Crippen LogP contribution in [0.15, 0.2) is 24.3 Å². The van der Waals surface area contributed by atoms with Gasteiger partial charge in [-0.15, -0.1) is 0 Å². The summed E-state index contributed by atoms with van der Waals surface area (Å²) in [5.41, 5.74) is 1.48. The van der Waals surface area contributed by atoms with Crippen molar-refractivity contribution in [3.8, 4) is 0 Å². The summed E-state index contributed by atoms with van der Waals surface area (Å²) in [5.74, 6) is -0.870. The van der Waals surface area contributed by atoms with E-state index in [1.54, 1.807) is 12.1 Å². The molecule has 0 aliphatic carbocycles.